The van der Waals surface area contributed by atoms with E-state index in [-0.39, 0.29) is 5.91 Å². The lowest BCUT2D eigenvalue weighted by Gasteiger charge is -2.03. The highest BCUT2D eigenvalue weighted by Gasteiger charge is 2.15. The van der Waals surface area contributed by atoms with Crippen molar-refractivity contribution in [2.45, 2.75) is 13.8 Å². The van der Waals surface area contributed by atoms with Crippen molar-refractivity contribution in [2.24, 2.45) is 0 Å². The highest BCUT2D eigenvalue weighted by atomic mass is 79.9. The van der Waals surface area contributed by atoms with E-state index in [1.165, 1.54) is 23.8 Å². The molecule has 0 atom stereocenters. The molecule has 4 aromatic rings. The first-order valence-corrected chi connectivity index (χ1v) is 10.3. The van der Waals surface area contributed by atoms with Gasteiger partial charge in [-0.05, 0) is 19.1 Å². The van der Waals surface area contributed by atoms with Crippen LogP contribution in [0.5, 0.6) is 0 Å². The van der Waals surface area contributed by atoms with Gasteiger partial charge in [-0.15, -0.1) is 11.3 Å². The Morgan fingerprint density at radius 3 is 2.36 bits per heavy atom. The van der Waals surface area contributed by atoms with Crippen molar-refractivity contribution in [3.63, 3.8) is 0 Å². The zero-order chi connectivity index (χ0) is 19.7. The van der Waals surface area contributed by atoms with Crippen molar-refractivity contribution in [3.05, 3.63) is 70.0 Å². The summed E-state index contributed by atoms with van der Waals surface area (Å²) in [5, 5.41) is 10.2. The molecule has 2 aromatic heterocycles. The molecule has 0 bridgehead atoms. The van der Waals surface area contributed by atoms with Gasteiger partial charge in [0, 0.05) is 34.0 Å². The van der Waals surface area contributed by atoms with Crippen LogP contribution in [0.2, 0.25) is 0 Å². The van der Waals surface area contributed by atoms with Crippen molar-refractivity contribution < 1.29 is 4.79 Å². The first-order valence-electron chi connectivity index (χ1n) is 8.66. The molecule has 0 spiro atoms. The van der Waals surface area contributed by atoms with Gasteiger partial charge in [-0.1, -0.05) is 57.9 Å². The monoisotopic (exact) mass is 452 g/mol. The molecule has 0 unspecified atom stereocenters. The van der Waals surface area contributed by atoms with Crippen LogP contribution in [-0.2, 0) is 4.79 Å². The molecule has 0 radical (unpaired) electrons. The smallest absolute Gasteiger partial charge is 0.222 e. The summed E-state index contributed by atoms with van der Waals surface area (Å²) in [4.78, 5) is 16.4. The van der Waals surface area contributed by atoms with Crippen LogP contribution < -0.4 is 5.32 Å². The molecule has 28 heavy (non-hydrogen) atoms. The van der Waals surface area contributed by atoms with Gasteiger partial charge in [-0.3, -0.25) is 4.79 Å². The molecule has 2 heterocycles. The Bertz CT molecular complexity index is 1130. The summed E-state index contributed by atoms with van der Waals surface area (Å²) >= 11 is 4.93. The number of carbonyl (C=O) groups is 1. The number of anilines is 1. The molecule has 1 N–H and O–H groups in total. The summed E-state index contributed by atoms with van der Waals surface area (Å²) in [5.74, 6) is 0.445. The standard InChI is InChI=1S/C21H17BrN4OS/c1-13-3-5-15(6-4-13)18-11-20(23-14(2)27)26(25-18)21-24-19(12-28-21)16-7-9-17(22)10-8-16/h3-12H,1-2H3,(H,23,27). The fourth-order valence-electron chi connectivity index (χ4n) is 2.78. The maximum atomic E-state index is 11.7. The summed E-state index contributed by atoms with van der Waals surface area (Å²) < 4.78 is 2.71. The van der Waals surface area contributed by atoms with Crippen LogP contribution in [0.15, 0.2) is 64.5 Å². The summed E-state index contributed by atoms with van der Waals surface area (Å²) in [6, 6.07) is 18.0. The molecule has 1 amide bonds. The normalized spacial score (nSPS) is 10.8. The van der Waals surface area contributed by atoms with Gasteiger partial charge in [0.15, 0.2) is 0 Å². The largest absolute Gasteiger partial charge is 0.311 e. The van der Waals surface area contributed by atoms with E-state index in [1.807, 2.05) is 66.9 Å². The molecular formula is C21H17BrN4OS. The second-order valence-corrected chi connectivity index (χ2v) is 8.15. The van der Waals surface area contributed by atoms with E-state index in [0.717, 1.165) is 27.0 Å². The minimum Gasteiger partial charge on any atom is -0.311 e. The Morgan fingerprint density at radius 1 is 1.04 bits per heavy atom. The Kier molecular flexibility index (Phi) is 5.11. The molecule has 7 heteroatoms. The molecule has 0 aliphatic heterocycles. The van der Waals surface area contributed by atoms with Crippen LogP contribution in [0.3, 0.4) is 0 Å². The van der Waals surface area contributed by atoms with Crippen molar-refractivity contribution in [3.8, 4) is 27.6 Å². The first kappa shape index (κ1) is 18.6. The summed E-state index contributed by atoms with van der Waals surface area (Å²) in [5.41, 5.74) is 4.85. The fraction of sp³-hybridized carbons (Fsp3) is 0.0952. The summed E-state index contributed by atoms with van der Waals surface area (Å²) in [6.45, 7) is 3.53. The second kappa shape index (κ2) is 7.69. The highest BCUT2D eigenvalue weighted by Crippen LogP contribution is 2.29. The van der Waals surface area contributed by atoms with Crippen molar-refractivity contribution >= 4 is 39.0 Å². The summed E-state index contributed by atoms with van der Waals surface area (Å²) in [7, 11) is 0. The maximum Gasteiger partial charge on any atom is 0.222 e. The number of rotatable bonds is 4. The minimum atomic E-state index is -0.152. The molecule has 0 aliphatic carbocycles. The number of nitrogens with one attached hydrogen (secondary N) is 1. The number of aromatic nitrogens is 3. The third kappa shape index (κ3) is 3.90. The van der Waals surface area contributed by atoms with Crippen LogP contribution in [0, 0.1) is 6.92 Å². The second-order valence-electron chi connectivity index (χ2n) is 6.40. The molecule has 0 saturated carbocycles. The van der Waals surface area contributed by atoms with E-state index >= 15 is 0 Å². The van der Waals surface area contributed by atoms with Crippen LogP contribution in [0.4, 0.5) is 5.82 Å². The van der Waals surface area contributed by atoms with Gasteiger partial charge in [0.1, 0.15) is 5.82 Å². The lowest BCUT2D eigenvalue weighted by molar-refractivity contribution is -0.114. The van der Waals surface area contributed by atoms with Gasteiger partial charge in [0.2, 0.25) is 11.0 Å². The predicted molar refractivity (Wildman–Crippen MR) is 117 cm³/mol. The van der Waals surface area contributed by atoms with Gasteiger partial charge in [-0.2, -0.15) is 9.78 Å². The number of nitrogens with zero attached hydrogens (tertiary/aromatic N) is 3. The lowest BCUT2D eigenvalue weighted by Crippen LogP contribution is -2.10. The van der Waals surface area contributed by atoms with Crippen LogP contribution in [-0.4, -0.2) is 20.7 Å². The van der Waals surface area contributed by atoms with E-state index in [9.17, 15) is 4.79 Å². The first-order chi connectivity index (χ1) is 13.5. The van der Waals surface area contributed by atoms with Gasteiger partial charge in [0.25, 0.3) is 0 Å². The van der Waals surface area contributed by atoms with E-state index < -0.39 is 0 Å². The quantitative estimate of drug-likeness (QED) is 0.432. The van der Waals surface area contributed by atoms with Crippen LogP contribution >= 0.6 is 27.3 Å². The van der Waals surface area contributed by atoms with Crippen molar-refractivity contribution in [2.75, 3.05) is 5.32 Å². The number of amides is 1. The minimum absolute atomic E-state index is 0.152. The van der Waals surface area contributed by atoms with Crippen molar-refractivity contribution in [1.29, 1.82) is 0 Å². The number of halogens is 1. The Labute approximate surface area is 175 Å². The third-order valence-electron chi connectivity index (χ3n) is 4.17. The van der Waals surface area contributed by atoms with Gasteiger partial charge < -0.3 is 5.32 Å². The van der Waals surface area contributed by atoms with E-state index in [1.54, 1.807) is 4.68 Å². The Morgan fingerprint density at radius 2 is 1.68 bits per heavy atom. The molecule has 0 aliphatic rings. The molecular weight excluding hydrogens is 436 g/mol. The fourth-order valence-corrected chi connectivity index (χ4v) is 3.84. The lowest BCUT2D eigenvalue weighted by atomic mass is 10.1. The number of carbonyl (C=O) groups excluding carboxylic acids is 1. The van der Waals surface area contributed by atoms with Gasteiger partial charge in [0.05, 0.1) is 11.4 Å². The molecule has 0 fully saturated rings. The van der Waals surface area contributed by atoms with E-state index in [4.69, 9.17) is 10.1 Å². The Hall–Kier alpha value is -2.77. The van der Waals surface area contributed by atoms with E-state index in [0.29, 0.717) is 10.9 Å². The molecule has 2 aromatic carbocycles. The predicted octanol–water partition coefficient (Wildman–Crippen LogP) is 5.69. The van der Waals surface area contributed by atoms with Gasteiger partial charge in [-0.25, -0.2) is 4.98 Å². The molecule has 140 valence electrons. The van der Waals surface area contributed by atoms with Crippen LogP contribution in [0.25, 0.3) is 27.6 Å². The average molecular weight is 453 g/mol. The number of hydrogen-bond donors (Lipinski definition) is 1. The maximum absolute atomic E-state index is 11.7. The number of hydrogen-bond acceptors (Lipinski definition) is 4. The Balaban J connectivity index is 1.74. The molecule has 4 rings (SSSR count). The number of benzene rings is 2. The molecule has 0 saturated heterocycles. The van der Waals surface area contributed by atoms with Crippen LogP contribution in [0.1, 0.15) is 12.5 Å². The van der Waals surface area contributed by atoms with Gasteiger partial charge >= 0.3 is 0 Å². The molecule has 5 nitrogen and oxygen atoms in total. The average Bonchev–Trinajstić information content (AvgIpc) is 3.30. The zero-order valence-corrected chi connectivity index (χ0v) is 17.7. The van der Waals surface area contributed by atoms with E-state index in [2.05, 4.69) is 21.2 Å². The third-order valence-corrected chi connectivity index (χ3v) is 5.52. The number of aryl methyl sites for hydroxylation is 1. The zero-order valence-electron chi connectivity index (χ0n) is 15.3. The highest BCUT2D eigenvalue weighted by molar-refractivity contribution is 9.10. The number of thiazole rings is 1. The topological polar surface area (TPSA) is 59.8 Å². The SMILES string of the molecule is CC(=O)Nc1cc(-c2ccc(C)cc2)nn1-c1nc(-c2ccc(Br)cc2)cs1. The van der Waals surface area contributed by atoms with Crippen molar-refractivity contribution in [1.82, 2.24) is 14.8 Å². The summed E-state index contributed by atoms with van der Waals surface area (Å²) in [6.07, 6.45) is 0.